The lowest BCUT2D eigenvalue weighted by atomic mass is 10.2. The van der Waals surface area contributed by atoms with Crippen LogP contribution in [0.15, 0.2) is 24.4 Å². The normalized spacial score (nSPS) is 10.5. The smallest absolute Gasteiger partial charge is 0.173 e. The van der Waals surface area contributed by atoms with E-state index in [1.165, 1.54) is 0 Å². The number of thiocarbonyl (C=S) groups is 1. The molecule has 2 rings (SSSR count). The Labute approximate surface area is 139 Å². The summed E-state index contributed by atoms with van der Waals surface area (Å²) in [6, 6.07) is 5.25. The molecule has 0 aliphatic carbocycles. The predicted octanol–water partition coefficient (Wildman–Crippen LogP) is 3.86. The zero-order valence-electron chi connectivity index (χ0n) is 12.0. The summed E-state index contributed by atoms with van der Waals surface area (Å²) in [5.74, 6) is 0. The number of hydrogen-bond acceptors (Lipinski definition) is 2. The third-order valence-electron chi connectivity index (χ3n) is 3.26. The first kappa shape index (κ1) is 16.1. The van der Waals surface area contributed by atoms with Crippen molar-refractivity contribution in [2.45, 2.75) is 13.5 Å². The Bertz CT molecular complexity index is 669. The third kappa shape index (κ3) is 3.87. The molecule has 0 amide bonds. The zero-order chi connectivity index (χ0) is 15.6. The molecule has 0 unspecified atom stereocenters. The van der Waals surface area contributed by atoms with Crippen LogP contribution in [0.25, 0.3) is 0 Å². The van der Waals surface area contributed by atoms with Crippen molar-refractivity contribution in [3.8, 4) is 0 Å². The summed E-state index contributed by atoms with van der Waals surface area (Å²) >= 11 is 17.4. The Morgan fingerprint density at radius 2 is 2.14 bits per heavy atom. The first-order valence-electron chi connectivity index (χ1n) is 6.33. The second kappa shape index (κ2) is 6.64. The molecule has 0 radical (unpaired) electrons. The molecule has 0 aliphatic rings. The van der Waals surface area contributed by atoms with E-state index >= 15 is 0 Å². The van der Waals surface area contributed by atoms with Gasteiger partial charge in [0, 0.05) is 36.9 Å². The van der Waals surface area contributed by atoms with Crippen LogP contribution < -0.4 is 5.32 Å². The fourth-order valence-electron chi connectivity index (χ4n) is 1.83. The van der Waals surface area contributed by atoms with Crippen LogP contribution in [0.4, 0.5) is 5.69 Å². The average Bonchev–Trinajstić information content (AvgIpc) is 2.73. The lowest BCUT2D eigenvalue weighted by Crippen LogP contribution is -2.30. The van der Waals surface area contributed by atoms with Gasteiger partial charge in [-0.2, -0.15) is 5.10 Å². The van der Waals surface area contributed by atoms with Gasteiger partial charge in [-0.15, -0.1) is 0 Å². The van der Waals surface area contributed by atoms with Crippen molar-refractivity contribution in [3.05, 3.63) is 45.7 Å². The van der Waals surface area contributed by atoms with Gasteiger partial charge in [-0.3, -0.25) is 4.68 Å². The van der Waals surface area contributed by atoms with Crippen molar-refractivity contribution in [2.75, 3.05) is 12.4 Å². The number of hydrogen-bond donors (Lipinski definition) is 1. The van der Waals surface area contributed by atoms with Gasteiger partial charge >= 0.3 is 0 Å². The molecular weight excluding hydrogens is 327 g/mol. The van der Waals surface area contributed by atoms with Crippen LogP contribution in [0.2, 0.25) is 10.0 Å². The maximum absolute atomic E-state index is 6.13. The topological polar surface area (TPSA) is 33.1 Å². The number of aromatic nitrogens is 2. The number of anilines is 1. The van der Waals surface area contributed by atoms with E-state index in [9.17, 15) is 0 Å². The van der Waals surface area contributed by atoms with Crippen LogP contribution >= 0.6 is 35.4 Å². The van der Waals surface area contributed by atoms with Crippen molar-refractivity contribution in [3.63, 3.8) is 0 Å². The van der Waals surface area contributed by atoms with E-state index in [1.807, 2.05) is 36.8 Å². The minimum atomic E-state index is 0.538. The van der Waals surface area contributed by atoms with Gasteiger partial charge in [0.2, 0.25) is 0 Å². The average molecular weight is 343 g/mol. The molecule has 7 heteroatoms. The molecule has 0 atom stereocenters. The molecule has 0 spiro atoms. The quantitative estimate of drug-likeness (QED) is 0.858. The highest BCUT2D eigenvalue weighted by molar-refractivity contribution is 7.80. The SMILES string of the molecule is Cc1c(CN(C)C(=S)Nc2ccc(Cl)cc2Cl)cnn1C. The lowest BCUT2D eigenvalue weighted by Gasteiger charge is -2.21. The number of halogens is 2. The van der Waals surface area contributed by atoms with Gasteiger partial charge < -0.3 is 10.2 Å². The van der Waals surface area contributed by atoms with Gasteiger partial charge in [0.25, 0.3) is 0 Å². The molecule has 0 saturated heterocycles. The van der Waals surface area contributed by atoms with Crippen LogP contribution in [0, 0.1) is 6.92 Å². The Kier molecular flexibility index (Phi) is 5.08. The Morgan fingerprint density at radius 3 is 2.71 bits per heavy atom. The summed E-state index contributed by atoms with van der Waals surface area (Å²) in [6.07, 6.45) is 1.85. The van der Waals surface area contributed by atoms with Crippen LogP contribution in [0.1, 0.15) is 11.3 Å². The third-order valence-corrected chi connectivity index (χ3v) is 4.23. The minimum absolute atomic E-state index is 0.538. The molecule has 0 aliphatic heterocycles. The molecule has 4 nitrogen and oxygen atoms in total. The molecule has 112 valence electrons. The van der Waals surface area contributed by atoms with E-state index in [-0.39, 0.29) is 0 Å². The van der Waals surface area contributed by atoms with E-state index in [1.54, 1.807) is 18.2 Å². The lowest BCUT2D eigenvalue weighted by molar-refractivity contribution is 0.506. The van der Waals surface area contributed by atoms with Crippen LogP contribution in [-0.2, 0) is 13.6 Å². The fourth-order valence-corrected chi connectivity index (χ4v) is 2.46. The van der Waals surface area contributed by atoms with E-state index < -0.39 is 0 Å². The Hall–Kier alpha value is -1.30. The van der Waals surface area contributed by atoms with Gasteiger partial charge in [0.1, 0.15) is 0 Å². The van der Waals surface area contributed by atoms with Crippen LogP contribution in [0.5, 0.6) is 0 Å². The zero-order valence-corrected chi connectivity index (χ0v) is 14.4. The maximum atomic E-state index is 6.13. The minimum Gasteiger partial charge on any atom is -0.348 e. The van der Waals surface area contributed by atoms with E-state index in [0.29, 0.717) is 21.7 Å². The Morgan fingerprint density at radius 1 is 1.43 bits per heavy atom. The highest BCUT2D eigenvalue weighted by Gasteiger charge is 2.11. The highest BCUT2D eigenvalue weighted by atomic mass is 35.5. The van der Waals surface area contributed by atoms with Gasteiger partial charge in [-0.05, 0) is 37.3 Å². The largest absolute Gasteiger partial charge is 0.348 e. The molecule has 1 aromatic carbocycles. The number of rotatable bonds is 3. The van der Waals surface area contributed by atoms with Crippen LogP contribution in [0.3, 0.4) is 0 Å². The summed E-state index contributed by atoms with van der Waals surface area (Å²) in [5, 5.41) is 9.07. The summed E-state index contributed by atoms with van der Waals surface area (Å²) in [7, 11) is 3.84. The number of aryl methyl sites for hydroxylation is 1. The molecule has 2 aromatic rings. The van der Waals surface area contributed by atoms with Crippen molar-refractivity contribution in [1.82, 2.24) is 14.7 Å². The first-order valence-corrected chi connectivity index (χ1v) is 7.49. The molecule has 21 heavy (non-hydrogen) atoms. The first-order chi connectivity index (χ1) is 9.88. The summed E-state index contributed by atoms with van der Waals surface area (Å²) in [5.41, 5.74) is 2.99. The van der Waals surface area contributed by atoms with E-state index in [2.05, 4.69) is 10.4 Å². The molecule has 0 fully saturated rings. The monoisotopic (exact) mass is 342 g/mol. The second-order valence-corrected chi connectivity index (χ2v) is 6.02. The molecule has 1 heterocycles. The van der Waals surface area contributed by atoms with Gasteiger partial charge in [-0.1, -0.05) is 23.2 Å². The van der Waals surface area contributed by atoms with Gasteiger partial charge in [-0.25, -0.2) is 0 Å². The highest BCUT2D eigenvalue weighted by Crippen LogP contribution is 2.25. The predicted molar refractivity (Wildman–Crippen MR) is 92.1 cm³/mol. The van der Waals surface area contributed by atoms with Crippen molar-refractivity contribution < 1.29 is 0 Å². The second-order valence-electron chi connectivity index (χ2n) is 4.79. The standard InChI is InChI=1S/C14H16Cl2N4S/c1-9-10(7-17-20(9)3)8-19(2)14(21)18-13-5-4-11(15)6-12(13)16/h4-7H,8H2,1-3H3,(H,18,21). The summed E-state index contributed by atoms with van der Waals surface area (Å²) in [4.78, 5) is 1.93. The van der Waals surface area contributed by atoms with E-state index in [4.69, 9.17) is 35.4 Å². The maximum Gasteiger partial charge on any atom is 0.173 e. The summed E-state index contributed by atoms with van der Waals surface area (Å²) < 4.78 is 1.84. The number of benzene rings is 1. The molecule has 1 N–H and O–H groups in total. The van der Waals surface area contributed by atoms with Gasteiger partial charge in [0.05, 0.1) is 16.9 Å². The molecular formula is C14H16Cl2N4S. The Balaban J connectivity index is 2.04. The van der Waals surface area contributed by atoms with Crippen molar-refractivity contribution in [1.29, 1.82) is 0 Å². The van der Waals surface area contributed by atoms with E-state index in [0.717, 1.165) is 16.9 Å². The molecule has 0 saturated carbocycles. The fraction of sp³-hybridized carbons (Fsp3) is 0.286. The number of nitrogens with one attached hydrogen (secondary N) is 1. The van der Waals surface area contributed by atoms with Gasteiger partial charge in [0.15, 0.2) is 5.11 Å². The number of nitrogens with zero attached hydrogens (tertiary/aromatic N) is 3. The van der Waals surface area contributed by atoms with Crippen LogP contribution in [-0.4, -0.2) is 26.8 Å². The summed E-state index contributed by atoms with van der Waals surface area (Å²) in [6.45, 7) is 2.71. The molecule has 0 bridgehead atoms. The molecule has 1 aromatic heterocycles. The van der Waals surface area contributed by atoms with Crippen molar-refractivity contribution in [2.24, 2.45) is 7.05 Å². The van der Waals surface area contributed by atoms with Crippen molar-refractivity contribution >= 4 is 46.2 Å².